The molecule has 0 fully saturated rings. The summed E-state index contributed by atoms with van der Waals surface area (Å²) in [6.45, 7) is -2.84. The molecule has 0 saturated carbocycles. The molecule has 0 unspecified atom stereocenters. The fraction of sp³-hybridized carbons (Fsp3) is 0.0952. The maximum absolute atomic E-state index is 12.3. The smallest absolute Gasteiger partial charge is 0.387 e. The Morgan fingerprint density at radius 3 is 2.72 bits per heavy atom. The predicted octanol–water partition coefficient (Wildman–Crippen LogP) is 6.66. The van der Waals surface area contributed by atoms with Crippen LogP contribution in [0.15, 0.2) is 65.1 Å². The first-order valence-electron chi connectivity index (χ1n) is 8.34. The molecular weight excluding hydrogens is 425 g/mol. The zero-order chi connectivity index (χ0) is 20.8. The van der Waals surface area contributed by atoms with Crippen molar-refractivity contribution in [1.82, 2.24) is 0 Å². The molecule has 1 aromatic heterocycles. The highest BCUT2D eigenvalue weighted by Gasteiger charge is 2.09. The van der Waals surface area contributed by atoms with E-state index in [0.717, 1.165) is 0 Å². The van der Waals surface area contributed by atoms with Gasteiger partial charge in [0.05, 0.1) is 5.02 Å². The highest BCUT2D eigenvalue weighted by molar-refractivity contribution is 6.34. The molecule has 0 bridgehead atoms. The lowest BCUT2D eigenvalue weighted by molar-refractivity contribution is -0.0498. The van der Waals surface area contributed by atoms with Crippen molar-refractivity contribution < 1.29 is 27.5 Å². The Labute approximate surface area is 175 Å². The fourth-order valence-electron chi connectivity index (χ4n) is 2.38. The van der Waals surface area contributed by atoms with Gasteiger partial charge >= 0.3 is 6.61 Å². The summed E-state index contributed by atoms with van der Waals surface area (Å²) in [5.41, 5.74) is 0.213. The molecule has 0 aliphatic carbocycles. The molecule has 0 amide bonds. The van der Waals surface area contributed by atoms with Crippen LogP contribution in [0.4, 0.5) is 8.78 Å². The third-order valence-corrected chi connectivity index (χ3v) is 4.24. The molecule has 0 aliphatic heterocycles. The summed E-state index contributed by atoms with van der Waals surface area (Å²) in [6.07, 6.45) is 2.75. The van der Waals surface area contributed by atoms with Crippen LogP contribution in [-0.2, 0) is 6.61 Å². The number of carbonyl (C=O) groups excluding carboxylic acids is 1. The van der Waals surface area contributed by atoms with Gasteiger partial charge in [-0.1, -0.05) is 35.3 Å². The van der Waals surface area contributed by atoms with Gasteiger partial charge in [-0.15, -0.1) is 0 Å². The Balaban J connectivity index is 1.61. The number of hydrogen-bond donors (Lipinski definition) is 0. The first-order valence-corrected chi connectivity index (χ1v) is 9.10. The maximum Gasteiger partial charge on any atom is 0.387 e. The van der Waals surface area contributed by atoms with Crippen molar-refractivity contribution in [3.05, 3.63) is 87.8 Å². The van der Waals surface area contributed by atoms with Crippen LogP contribution in [0.25, 0.3) is 6.08 Å². The zero-order valence-corrected chi connectivity index (χ0v) is 16.3. The third-order valence-electron chi connectivity index (χ3n) is 3.69. The van der Waals surface area contributed by atoms with E-state index >= 15 is 0 Å². The molecule has 1 heterocycles. The third kappa shape index (κ3) is 6.07. The molecule has 2 aromatic carbocycles. The standard InChI is InChI=1S/C21H14Cl2F2O4/c22-14-4-8-18(23)20(11-14)27-12-17-6-5-15(28-17)7-9-19(26)13-2-1-3-16(10-13)29-21(24)25/h1-11,21H,12H2/b9-7+. The molecule has 3 rings (SSSR count). The quantitative estimate of drug-likeness (QED) is 0.291. The summed E-state index contributed by atoms with van der Waals surface area (Å²) in [5.74, 6) is 0.893. The Bertz CT molecular complexity index is 1030. The molecule has 0 saturated heterocycles. The number of ketones is 1. The zero-order valence-electron chi connectivity index (χ0n) is 14.8. The number of ether oxygens (including phenoxy) is 2. The lowest BCUT2D eigenvalue weighted by atomic mass is 10.1. The minimum absolute atomic E-state index is 0.0867. The van der Waals surface area contributed by atoms with E-state index in [0.29, 0.717) is 27.3 Å². The van der Waals surface area contributed by atoms with Gasteiger partial charge in [-0.05, 0) is 48.6 Å². The molecule has 4 nitrogen and oxygen atoms in total. The average molecular weight is 439 g/mol. The number of rotatable bonds is 8. The summed E-state index contributed by atoms with van der Waals surface area (Å²) in [6, 6.07) is 13.8. The van der Waals surface area contributed by atoms with Gasteiger partial charge in [-0.3, -0.25) is 4.79 Å². The number of furan rings is 1. The first-order chi connectivity index (χ1) is 13.9. The van der Waals surface area contributed by atoms with Crippen molar-refractivity contribution in [2.45, 2.75) is 13.2 Å². The van der Waals surface area contributed by atoms with Gasteiger partial charge in [0.15, 0.2) is 5.78 Å². The van der Waals surface area contributed by atoms with Crippen molar-refractivity contribution in [3.63, 3.8) is 0 Å². The van der Waals surface area contributed by atoms with Gasteiger partial charge in [0.1, 0.15) is 29.6 Å². The molecule has 0 radical (unpaired) electrons. The van der Waals surface area contributed by atoms with Crippen LogP contribution < -0.4 is 9.47 Å². The van der Waals surface area contributed by atoms with Gasteiger partial charge in [0.25, 0.3) is 0 Å². The highest BCUT2D eigenvalue weighted by Crippen LogP contribution is 2.28. The van der Waals surface area contributed by atoms with E-state index < -0.39 is 6.61 Å². The summed E-state index contributed by atoms with van der Waals surface area (Å²) in [7, 11) is 0. The Kier molecular flexibility index (Phi) is 6.90. The van der Waals surface area contributed by atoms with Crippen LogP contribution in [0.2, 0.25) is 10.0 Å². The highest BCUT2D eigenvalue weighted by atomic mass is 35.5. The number of alkyl halides is 2. The van der Waals surface area contributed by atoms with Crippen LogP contribution >= 0.6 is 23.2 Å². The Hall–Kier alpha value is -2.83. The summed E-state index contributed by atoms with van der Waals surface area (Å²) >= 11 is 11.9. The summed E-state index contributed by atoms with van der Waals surface area (Å²) in [4.78, 5) is 12.2. The average Bonchev–Trinajstić information content (AvgIpc) is 3.14. The fourth-order valence-corrected chi connectivity index (χ4v) is 2.71. The lowest BCUT2D eigenvalue weighted by Gasteiger charge is -2.06. The van der Waals surface area contributed by atoms with Gasteiger partial charge in [0.2, 0.25) is 0 Å². The molecule has 3 aromatic rings. The first kappa shape index (κ1) is 20.9. The molecule has 150 valence electrons. The lowest BCUT2D eigenvalue weighted by Crippen LogP contribution is -2.03. The summed E-state index contributed by atoms with van der Waals surface area (Å²) < 4.78 is 40.0. The van der Waals surface area contributed by atoms with Crippen LogP contribution in [0.5, 0.6) is 11.5 Å². The monoisotopic (exact) mass is 438 g/mol. The molecule has 0 atom stereocenters. The molecule has 0 aliphatic rings. The Morgan fingerprint density at radius 2 is 1.93 bits per heavy atom. The van der Waals surface area contributed by atoms with Crippen molar-refractivity contribution in [3.8, 4) is 11.5 Å². The SMILES string of the molecule is O=C(/C=C/c1ccc(COc2cc(Cl)ccc2Cl)o1)c1cccc(OC(F)F)c1. The maximum atomic E-state index is 12.3. The van der Waals surface area contributed by atoms with Crippen LogP contribution in [0.3, 0.4) is 0 Å². The van der Waals surface area contributed by atoms with Crippen LogP contribution in [0.1, 0.15) is 21.9 Å². The van der Waals surface area contributed by atoms with E-state index in [9.17, 15) is 13.6 Å². The topological polar surface area (TPSA) is 48.7 Å². The number of allylic oxidation sites excluding steroid dienone is 1. The van der Waals surface area contributed by atoms with Crippen molar-refractivity contribution in [2.24, 2.45) is 0 Å². The number of carbonyl (C=O) groups is 1. The number of hydrogen-bond acceptors (Lipinski definition) is 4. The number of halogens is 4. The number of benzene rings is 2. The van der Waals surface area contributed by atoms with Crippen molar-refractivity contribution in [2.75, 3.05) is 0 Å². The van der Waals surface area contributed by atoms with Crippen molar-refractivity contribution >= 4 is 35.1 Å². The van der Waals surface area contributed by atoms with E-state index in [1.54, 1.807) is 30.3 Å². The molecular formula is C21H14Cl2F2O4. The Morgan fingerprint density at radius 1 is 1.10 bits per heavy atom. The van der Waals surface area contributed by atoms with Gasteiger partial charge < -0.3 is 13.9 Å². The largest absolute Gasteiger partial charge is 0.484 e. The second-order valence-corrected chi connectivity index (χ2v) is 6.62. The molecule has 0 spiro atoms. The predicted molar refractivity (Wildman–Crippen MR) is 106 cm³/mol. The van der Waals surface area contributed by atoms with Crippen LogP contribution in [-0.4, -0.2) is 12.4 Å². The second-order valence-electron chi connectivity index (χ2n) is 5.77. The normalized spacial score (nSPS) is 11.2. The van der Waals surface area contributed by atoms with E-state index in [-0.39, 0.29) is 23.7 Å². The minimum atomic E-state index is -2.96. The van der Waals surface area contributed by atoms with Crippen molar-refractivity contribution in [1.29, 1.82) is 0 Å². The van der Waals surface area contributed by atoms with E-state index in [2.05, 4.69) is 4.74 Å². The van der Waals surface area contributed by atoms with Gasteiger partial charge in [-0.25, -0.2) is 0 Å². The minimum Gasteiger partial charge on any atom is -0.484 e. The van der Waals surface area contributed by atoms with E-state index in [1.807, 2.05) is 0 Å². The molecule has 29 heavy (non-hydrogen) atoms. The van der Waals surface area contributed by atoms with E-state index in [1.165, 1.54) is 36.4 Å². The second kappa shape index (κ2) is 9.58. The molecule has 8 heteroatoms. The van der Waals surface area contributed by atoms with Gasteiger partial charge in [0, 0.05) is 16.7 Å². The van der Waals surface area contributed by atoms with Crippen LogP contribution in [0, 0.1) is 0 Å². The summed E-state index contributed by atoms with van der Waals surface area (Å²) in [5, 5.41) is 0.915. The molecule has 0 N–H and O–H groups in total. The van der Waals surface area contributed by atoms with Gasteiger partial charge in [-0.2, -0.15) is 8.78 Å². The van der Waals surface area contributed by atoms with E-state index in [4.69, 9.17) is 32.4 Å².